The Balaban J connectivity index is 1.68. The molecule has 0 atom stereocenters. The minimum Gasteiger partial charge on any atom is -0.350 e. The molecule has 0 aliphatic heterocycles. The second-order valence-corrected chi connectivity index (χ2v) is 5.40. The smallest absolute Gasteiger partial charge is 0.230 e. The minimum absolute atomic E-state index is 0.118. The molecule has 0 bridgehead atoms. The van der Waals surface area contributed by atoms with E-state index in [-0.39, 0.29) is 11.3 Å². The zero-order chi connectivity index (χ0) is 14.0. The van der Waals surface area contributed by atoms with Crippen LogP contribution in [0.25, 0.3) is 0 Å². The van der Waals surface area contributed by atoms with Gasteiger partial charge in [0.05, 0.1) is 17.7 Å². The molecule has 0 unspecified atom stereocenters. The third-order valence-corrected chi connectivity index (χ3v) is 3.89. The SMILES string of the molecule is Cc1cccc(CNC(=O)C2(c3ccccc3)CC2)n1. The Hall–Kier alpha value is -2.16. The summed E-state index contributed by atoms with van der Waals surface area (Å²) in [5.41, 5.74) is 2.70. The molecule has 3 nitrogen and oxygen atoms in total. The van der Waals surface area contributed by atoms with Gasteiger partial charge >= 0.3 is 0 Å². The number of rotatable bonds is 4. The maximum Gasteiger partial charge on any atom is 0.230 e. The van der Waals surface area contributed by atoms with Gasteiger partial charge in [0.2, 0.25) is 5.91 Å². The van der Waals surface area contributed by atoms with Crippen molar-refractivity contribution in [3.63, 3.8) is 0 Å². The fourth-order valence-electron chi connectivity index (χ4n) is 2.57. The molecule has 1 saturated carbocycles. The van der Waals surface area contributed by atoms with Crippen LogP contribution in [-0.4, -0.2) is 10.9 Å². The van der Waals surface area contributed by atoms with Crippen LogP contribution in [0.1, 0.15) is 29.8 Å². The number of benzene rings is 1. The Morgan fingerprint density at radius 2 is 1.90 bits per heavy atom. The summed E-state index contributed by atoms with van der Waals surface area (Å²) < 4.78 is 0. The van der Waals surface area contributed by atoms with Crippen molar-refractivity contribution < 1.29 is 4.79 Å². The molecule has 20 heavy (non-hydrogen) atoms. The van der Waals surface area contributed by atoms with Crippen molar-refractivity contribution in [1.29, 1.82) is 0 Å². The molecule has 1 aliphatic rings. The summed E-state index contributed by atoms with van der Waals surface area (Å²) in [6, 6.07) is 15.9. The van der Waals surface area contributed by atoms with Gasteiger partial charge in [0, 0.05) is 5.69 Å². The number of carbonyl (C=O) groups is 1. The van der Waals surface area contributed by atoms with Crippen LogP contribution in [0.4, 0.5) is 0 Å². The lowest BCUT2D eigenvalue weighted by Crippen LogP contribution is -2.34. The second-order valence-electron chi connectivity index (χ2n) is 5.40. The number of carbonyl (C=O) groups excluding carboxylic acids is 1. The first-order valence-corrected chi connectivity index (χ1v) is 6.97. The molecule has 3 heteroatoms. The number of nitrogens with zero attached hydrogens (tertiary/aromatic N) is 1. The first-order chi connectivity index (χ1) is 9.71. The van der Waals surface area contributed by atoms with Gasteiger partial charge in [0.25, 0.3) is 0 Å². The number of hydrogen-bond acceptors (Lipinski definition) is 2. The summed E-state index contributed by atoms with van der Waals surface area (Å²) in [6.07, 6.45) is 1.87. The van der Waals surface area contributed by atoms with E-state index in [9.17, 15) is 4.79 Å². The normalized spacial score (nSPS) is 15.7. The second kappa shape index (κ2) is 5.08. The number of aromatic nitrogens is 1. The van der Waals surface area contributed by atoms with Gasteiger partial charge in [0.1, 0.15) is 0 Å². The summed E-state index contributed by atoms with van der Waals surface area (Å²) in [5.74, 6) is 0.118. The van der Waals surface area contributed by atoms with Crippen molar-refractivity contribution in [1.82, 2.24) is 10.3 Å². The van der Waals surface area contributed by atoms with Crippen LogP contribution < -0.4 is 5.32 Å². The Labute approximate surface area is 119 Å². The van der Waals surface area contributed by atoms with E-state index >= 15 is 0 Å². The number of pyridine rings is 1. The van der Waals surface area contributed by atoms with Crippen LogP contribution in [-0.2, 0) is 16.8 Å². The van der Waals surface area contributed by atoms with Gasteiger partial charge in [0.15, 0.2) is 0 Å². The summed E-state index contributed by atoms with van der Waals surface area (Å²) >= 11 is 0. The molecule has 0 radical (unpaired) electrons. The van der Waals surface area contributed by atoms with Crippen molar-refractivity contribution in [2.24, 2.45) is 0 Å². The number of amides is 1. The first-order valence-electron chi connectivity index (χ1n) is 6.97. The molecular weight excluding hydrogens is 248 g/mol. The van der Waals surface area contributed by atoms with Crippen LogP contribution >= 0.6 is 0 Å². The molecule has 1 heterocycles. The Kier molecular flexibility index (Phi) is 3.26. The average molecular weight is 266 g/mol. The highest BCUT2D eigenvalue weighted by Crippen LogP contribution is 2.48. The van der Waals surface area contributed by atoms with Gasteiger partial charge in [-0.3, -0.25) is 9.78 Å². The summed E-state index contributed by atoms with van der Waals surface area (Å²) in [6.45, 7) is 2.45. The van der Waals surface area contributed by atoms with Crippen LogP contribution in [0.5, 0.6) is 0 Å². The third kappa shape index (κ3) is 2.44. The lowest BCUT2D eigenvalue weighted by atomic mass is 9.95. The van der Waals surface area contributed by atoms with Crippen molar-refractivity contribution in [3.05, 3.63) is 65.5 Å². The van der Waals surface area contributed by atoms with Crippen molar-refractivity contribution in [2.45, 2.75) is 31.7 Å². The van der Waals surface area contributed by atoms with Crippen LogP contribution in [0.2, 0.25) is 0 Å². The molecule has 3 rings (SSSR count). The monoisotopic (exact) mass is 266 g/mol. The molecule has 102 valence electrons. The number of aryl methyl sites for hydroxylation is 1. The van der Waals surface area contributed by atoms with Crippen LogP contribution in [0.3, 0.4) is 0 Å². The summed E-state index contributed by atoms with van der Waals surface area (Å²) in [4.78, 5) is 16.9. The Bertz CT molecular complexity index is 618. The molecule has 1 fully saturated rings. The highest BCUT2D eigenvalue weighted by molar-refractivity contribution is 5.91. The molecule has 1 amide bonds. The van der Waals surface area contributed by atoms with E-state index in [0.717, 1.165) is 29.8 Å². The van der Waals surface area contributed by atoms with E-state index in [4.69, 9.17) is 0 Å². The van der Waals surface area contributed by atoms with Gasteiger partial charge in [-0.15, -0.1) is 0 Å². The predicted molar refractivity (Wildman–Crippen MR) is 78.2 cm³/mol. The van der Waals surface area contributed by atoms with Crippen molar-refractivity contribution >= 4 is 5.91 Å². The quantitative estimate of drug-likeness (QED) is 0.924. The molecule has 1 N–H and O–H groups in total. The van der Waals surface area contributed by atoms with Crippen molar-refractivity contribution in [2.75, 3.05) is 0 Å². The largest absolute Gasteiger partial charge is 0.350 e. The molecular formula is C17H18N2O. The predicted octanol–water partition coefficient (Wildman–Crippen LogP) is 2.74. The molecule has 1 aliphatic carbocycles. The minimum atomic E-state index is -0.301. The first kappa shape index (κ1) is 12.9. The van der Waals surface area contributed by atoms with E-state index in [0.29, 0.717) is 6.54 Å². The fraction of sp³-hybridized carbons (Fsp3) is 0.294. The maximum absolute atomic E-state index is 12.4. The van der Waals surface area contributed by atoms with E-state index in [1.165, 1.54) is 0 Å². The average Bonchev–Trinajstić information content (AvgIpc) is 3.27. The van der Waals surface area contributed by atoms with Gasteiger partial charge in [-0.2, -0.15) is 0 Å². The molecule has 0 saturated heterocycles. The zero-order valence-electron chi connectivity index (χ0n) is 11.6. The van der Waals surface area contributed by atoms with E-state index in [2.05, 4.69) is 10.3 Å². The standard InChI is InChI=1S/C17H18N2O/c1-13-6-5-9-15(19-13)12-18-16(20)17(10-11-17)14-7-3-2-4-8-14/h2-9H,10-12H2,1H3,(H,18,20). The Morgan fingerprint density at radius 1 is 1.15 bits per heavy atom. The van der Waals surface area contributed by atoms with E-state index in [1.54, 1.807) is 0 Å². The number of hydrogen-bond donors (Lipinski definition) is 1. The van der Waals surface area contributed by atoms with E-state index in [1.807, 2.05) is 55.5 Å². The Morgan fingerprint density at radius 3 is 2.55 bits per heavy atom. The summed E-state index contributed by atoms with van der Waals surface area (Å²) in [5, 5.41) is 3.03. The maximum atomic E-state index is 12.4. The molecule has 0 spiro atoms. The van der Waals surface area contributed by atoms with Gasteiger partial charge in [-0.05, 0) is 37.5 Å². The zero-order valence-corrected chi connectivity index (χ0v) is 11.6. The summed E-state index contributed by atoms with van der Waals surface area (Å²) in [7, 11) is 0. The third-order valence-electron chi connectivity index (χ3n) is 3.89. The molecule has 2 aromatic rings. The van der Waals surface area contributed by atoms with Gasteiger partial charge in [-0.25, -0.2) is 0 Å². The lowest BCUT2D eigenvalue weighted by molar-refractivity contribution is -0.123. The highest BCUT2D eigenvalue weighted by Gasteiger charge is 2.50. The van der Waals surface area contributed by atoms with Crippen molar-refractivity contribution in [3.8, 4) is 0 Å². The van der Waals surface area contributed by atoms with Crippen LogP contribution in [0.15, 0.2) is 48.5 Å². The fourth-order valence-corrected chi connectivity index (χ4v) is 2.57. The van der Waals surface area contributed by atoms with E-state index < -0.39 is 0 Å². The van der Waals surface area contributed by atoms with Gasteiger partial charge in [-0.1, -0.05) is 36.4 Å². The number of nitrogens with one attached hydrogen (secondary N) is 1. The van der Waals surface area contributed by atoms with Crippen LogP contribution in [0, 0.1) is 6.92 Å². The highest BCUT2D eigenvalue weighted by atomic mass is 16.2. The molecule has 1 aromatic carbocycles. The lowest BCUT2D eigenvalue weighted by Gasteiger charge is -2.15. The van der Waals surface area contributed by atoms with Gasteiger partial charge < -0.3 is 5.32 Å². The topological polar surface area (TPSA) is 42.0 Å². The molecule has 1 aromatic heterocycles.